The summed E-state index contributed by atoms with van der Waals surface area (Å²) in [6.07, 6.45) is 5.62. The second-order valence-corrected chi connectivity index (χ2v) is 2.82. The van der Waals surface area contributed by atoms with Crippen molar-refractivity contribution in [2.45, 2.75) is 0 Å². The first kappa shape index (κ1) is 7.78. The summed E-state index contributed by atoms with van der Waals surface area (Å²) in [5.74, 6) is 0. The Balaban J connectivity index is 2.34. The molecule has 0 unspecified atom stereocenters. The SMILES string of the molecule is N=C(C1=C=CC=C1)c1ccccc1. The van der Waals surface area contributed by atoms with Crippen molar-refractivity contribution in [1.82, 2.24) is 0 Å². The molecule has 0 aromatic heterocycles. The van der Waals surface area contributed by atoms with E-state index in [2.05, 4.69) is 5.73 Å². The Morgan fingerprint density at radius 1 is 1.15 bits per heavy atom. The lowest BCUT2D eigenvalue weighted by molar-refractivity contribution is 1.47. The maximum Gasteiger partial charge on any atom is 0.0762 e. The molecule has 0 saturated carbocycles. The summed E-state index contributed by atoms with van der Waals surface area (Å²) in [6.45, 7) is 0. The summed E-state index contributed by atoms with van der Waals surface area (Å²) in [5.41, 5.74) is 5.33. The number of rotatable bonds is 2. The Labute approximate surface area is 77.2 Å². The molecule has 0 atom stereocenters. The highest BCUT2D eigenvalue weighted by Crippen LogP contribution is 2.10. The van der Waals surface area contributed by atoms with Gasteiger partial charge in [-0.25, -0.2) is 0 Å². The average molecular weight is 167 g/mol. The zero-order valence-corrected chi connectivity index (χ0v) is 7.12. The fraction of sp³-hybridized carbons (Fsp3) is 0. The minimum Gasteiger partial charge on any atom is -0.299 e. The predicted octanol–water partition coefficient (Wildman–Crippen LogP) is 2.71. The molecule has 1 N–H and O–H groups in total. The fourth-order valence-electron chi connectivity index (χ4n) is 1.25. The molecule has 1 aromatic carbocycles. The van der Waals surface area contributed by atoms with Crippen molar-refractivity contribution < 1.29 is 0 Å². The molecular formula is C12H9N. The molecule has 0 heterocycles. The van der Waals surface area contributed by atoms with Gasteiger partial charge in [0, 0.05) is 11.1 Å². The summed E-state index contributed by atoms with van der Waals surface area (Å²) >= 11 is 0. The number of benzene rings is 1. The highest BCUT2D eigenvalue weighted by molar-refractivity contribution is 6.12. The molecule has 0 saturated heterocycles. The van der Waals surface area contributed by atoms with Gasteiger partial charge in [-0.1, -0.05) is 36.4 Å². The second-order valence-electron chi connectivity index (χ2n) is 2.82. The van der Waals surface area contributed by atoms with Gasteiger partial charge in [-0.15, -0.1) is 5.73 Å². The van der Waals surface area contributed by atoms with Crippen LogP contribution in [0.4, 0.5) is 0 Å². The van der Waals surface area contributed by atoms with Crippen molar-refractivity contribution >= 4 is 5.71 Å². The van der Waals surface area contributed by atoms with Crippen LogP contribution in [0.2, 0.25) is 0 Å². The summed E-state index contributed by atoms with van der Waals surface area (Å²) < 4.78 is 0. The van der Waals surface area contributed by atoms with Crippen molar-refractivity contribution in [2.24, 2.45) is 0 Å². The van der Waals surface area contributed by atoms with Crippen LogP contribution in [0.3, 0.4) is 0 Å². The molecule has 1 nitrogen and oxygen atoms in total. The van der Waals surface area contributed by atoms with Gasteiger partial charge in [0.1, 0.15) is 0 Å². The van der Waals surface area contributed by atoms with Gasteiger partial charge < -0.3 is 0 Å². The highest BCUT2D eigenvalue weighted by atomic mass is 14.4. The average Bonchev–Trinajstić information content (AvgIpc) is 2.71. The molecule has 0 aliphatic heterocycles. The van der Waals surface area contributed by atoms with E-state index in [1.165, 1.54) is 0 Å². The van der Waals surface area contributed by atoms with Crippen LogP contribution in [0, 0.1) is 5.41 Å². The van der Waals surface area contributed by atoms with E-state index < -0.39 is 0 Å². The number of nitrogens with one attached hydrogen (secondary N) is 1. The second kappa shape index (κ2) is 3.26. The molecule has 13 heavy (non-hydrogen) atoms. The van der Waals surface area contributed by atoms with E-state index in [4.69, 9.17) is 5.41 Å². The molecule has 2 rings (SSSR count). The largest absolute Gasteiger partial charge is 0.299 e. The van der Waals surface area contributed by atoms with E-state index in [0.717, 1.165) is 11.1 Å². The summed E-state index contributed by atoms with van der Waals surface area (Å²) in [6, 6.07) is 9.69. The molecule has 1 heteroatoms. The molecule has 0 amide bonds. The molecule has 0 fully saturated rings. The summed E-state index contributed by atoms with van der Waals surface area (Å²) in [7, 11) is 0. The first-order valence-corrected chi connectivity index (χ1v) is 4.15. The zero-order valence-electron chi connectivity index (χ0n) is 7.12. The molecule has 62 valence electrons. The summed E-state index contributed by atoms with van der Waals surface area (Å²) in [5, 5.41) is 7.86. The minimum absolute atomic E-state index is 0.533. The zero-order chi connectivity index (χ0) is 9.10. The van der Waals surface area contributed by atoms with Gasteiger partial charge in [-0.05, 0) is 12.2 Å². The number of allylic oxidation sites excluding steroid dienone is 3. The Morgan fingerprint density at radius 2 is 1.92 bits per heavy atom. The lowest BCUT2D eigenvalue weighted by atomic mass is 10.0. The third-order valence-corrected chi connectivity index (χ3v) is 1.93. The maximum absolute atomic E-state index is 7.86. The van der Waals surface area contributed by atoms with E-state index in [1.807, 2.05) is 48.6 Å². The Bertz CT molecular complexity index is 418. The van der Waals surface area contributed by atoms with Gasteiger partial charge in [0.25, 0.3) is 0 Å². The Hall–Kier alpha value is -1.85. The van der Waals surface area contributed by atoms with Crippen molar-refractivity contribution in [3.8, 4) is 0 Å². The first-order chi connectivity index (χ1) is 6.38. The standard InChI is InChI=1S/C12H9N/c13-12(11-8-4-5-9-11)10-6-2-1-3-7-10/h1-8,13H. The van der Waals surface area contributed by atoms with E-state index in [0.29, 0.717) is 5.71 Å². The topological polar surface area (TPSA) is 23.9 Å². The molecule has 1 aromatic rings. The van der Waals surface area contributed by atoms with Crippen LogP contribution in [-0.2, 0) is 0 Å². The van der Waals surface area contributed by atoms with Crippen LogP contribution < -0.4 is 0 Å². The molecule has 0 bridgehead atoms. The van der Waals surface area contributed by atoms with Crippen LogP contribution in [0.25, 0.3) is 0 Å². The number of hydrogen-bond donors (Lipinski definition) is 1. The van der Waals surface area contributed by atoms with Crippen LogP contribution in [0.15, 0.2) is 59.9 Å². The van der Waals surface area contributed by atoms with Gasteiger partial charge in [-0.3, -0.25) is 5.41 Å². The van der Waals surface area contributed by atoms with Crippen LogP contribution in [0.5, 0.6) is 0 Å². The van der Waals surface area contributed by atoms with Gasteiger partial charge >= 0.3 is 0 Å². The van der Waals surface area contributed by atoms with E-state index in [-0.39, 0.29) is 0 Å². The van der Waals surface area contributed by atoms with Gasteiger partial charge in [0.2, 0.25) is 0 Å². The monoisotopic (exact) mass is 167 g/mol. The normalized spacial score (nSPS) is 13.1. The first-order valence-electron chi connectivity index (χ1n) is 4.15. The Morgan fingerprint density at radius 3 is 2.54 bits per heavy atom. The minimum atomic E-state index is 0.533. The maximum atomic E-state index is 7.86. The Kier molecular flexibility index (Phi) is 1.95. The van der Waals surface area contributed by atoms with Crippen molar-refractivity contribution in [2.75, 3.05) is 0 Å². The summed E-state index contributed by atoms with van der Waals surface area (Å²) in [4.78, 5) is 0. The molecule has 0 radical (unpaired) electrons. The lowest BCUT2D eigenvalue weighted by Gasteiger charge is -2.00. The van der Waals surface area contributed by atoms with E-state index in [1.54, 1.807) is 0 Å². The number of hydrogen-bond acceptors (Lipinski definition) is 1. The lowest BCUT2D eigenvalue weighted by Crippen LogP contribution is -1.99. The van der Waals surface area contributed by atoms with Crippen LogP contribution >= 0.6 is 0 Å². The third kappa shape index (κ3) is 1.51. The van der Waals surface area contributed by atoms with Crippen molar-refractivity contribution in [3.63, 3.8) is 0 Å². The van der Waals surface area contributed by atoms with Crippen molar-refractivity contribution in [1.29, 1.82) is 5.41 Å². The fourth-order valence-corrected chi connectivity index (χ4v) is 1.25. The molecule has 0 spiro atoms. The quantitative estimate of drug-likeness (QED) is 0.517. The smallest absolute Gasteiger partial charge is 0.0762 e. The van der Waals surface area contributed by atoms with Crippen molar-refractivity contribution in [3.05, 3.63) is 65.4 Å². The van der Waals surface area contributed by atoms with Gasteiger partial charge in [-0.2, -0.15) is 0 Å². The van der Waals surface area contributed by atoms with Gasteiger partial charge in [0.05, 0.1) is 5.71 Å². The van der Waals surface area contributed by atoms with E-state index in [9.17, 15) is 0 Å². The van der Waals surface area contributed by atoms with E-state index >= 15 is 0 Å². The molecule has 1 aliphatic carbocycles. The highest BCUT2D eigenvalue weighted by Gasteiger charge is 2.04. The third-order valence-electron chi connectivity index (χ3n) is 1.93. The van der Waals surface area contributed by atoms with Crippen LogP contribution in [0.1, 0.15) is 5.56 Å². The molecular weight excluding hydrogens is 158 g/mol. The molecule has 1 aliphatic rings. The predicted molar refractivity (Wildman–Crippen MR) is 54.0 cm³/mol. The van der Waals surface area contributed by atoms with Crippen LogP contribution in [-0.4, -0.2) is 5.71 Å². The van der Waals surface area contributed by atoms with Gasteiger partial charge in [0.15, 0.2) is 0 Å².